The molecule has 100 valence electrons. The monoisotopic (exact) mass is 252 g/mol. The van der Waals surface area contributed by atoms with Gasteiger partial charge in [-0.1, -0.05) is 0 Å². The summed E-state index contributed by atoms with van der Waals surface area (Å²) in [6.45, 7) is 0.203. The molecule has 1 saturated carbocycles. The van der Waals surface area contributed by atoms with Crippen LogP contribution in [0, 0.1) is 5.92 Å². The van der Waals surface area contributed by atoms with E-state index in [9.17, 15) is 18.0 Å². The van der Waals surface area contributed by atoms with Crippen LogP contribution in [0.25, 0.3) is 0 Å². The Balaban J connectivity index is 2.26. The van der Waals surface area contributed by atoms with Gasteiger partial charge in [-0.3, -0.25) is 4.79 Å². The van der Waals surface area contributed by atoms with Gasteiger partial charge in [0.25, 0.3) is 0 Å². The maximum atomic E-state index is 12.4. The van der Waals surface area contributed by atoms with E-state index in [2.05, 4.69) is 5.32 Å². The predicted molar refractivity (Wildman–Crippen MR) is 58.5 cm³/mol. The molecule has 17 heavy (non-hydrogen) atoms. The van der Waals surface area contributed by atoms with E-state index >= 15 is 0 Å². The van der Waals surface area contributed by atoms with Crippen molar-refractivity contribution in [2.45, 2.75) is 37.9 Å². The van der Waals surface area contributed by atoms with Crippen LogP contribution in [0.3, 0.4) is 0 Å². The van der Waals surface area contributed by atoms with Gasteiger partial charge in [0, 0.05) is 20.1 Å². The number of carbonyl (C=O) groups excluding carboxylic acids is 1. The van der Waals surface area contributed by atoms with Crippen molar-refractivity contribution in [1.29, 1.82) is 0 Å². The largest absolute Gasteiger partial charge is 0.391 e. The minimum Gasteiger partial charge on any atom is -0.348 e. The molecule has 0 heterocycles. The van der Waals surface area contributed by atoms with E-state index in [1.54, 1.807) is 14.1 Å². The normalized spacial score (nSPS) is 25.7. The molecule has 0 radical (unpaired) electrons. The van der Waals surface area contributed by atoms with Crippen molar-refractivity contribution >= 4 is 5.91 Å². The molecule has 0 aromatic heterocycles. The lowest BCUT2D eigenvalue weighted by molar-refractivity contribution is -0.182. The topological polar surface area (TPSA) is 32.3 Å². The number of nitrogens with one attached hydrogen (secondary N) is 1. The molecule has 0 aliphatic heterocycles. The molecule has 1 fully saturated rings. The third-order valence-electron chi connectivity index (χ3n) is 3.23. The zero-order valence-corrected chi connectivity index (χ0v) is 10.2. The lowest BCUT2D eigenvalue weighted by Gasteiger charge is -2.30. The van der Waals surface area contributed by atoms with Crippen molar-refractivity contribution in [2.75, 3.05) is 20.6 Å². The summed E-state index contributed by atoms with van der Waals surface area (Å²) in [7, 11) is 3.31. The van der Waals surface area contributed by atoms with Crippen molar-refractivity contribution in [3.8, 4) is 0 Å². The summed E-state index contributed by atoms with van der Waals surface area (Å²) in [6, 6.07) is 0.0394. The van der Waals surface area contributed by atoms with Gasteiger partial charge in [0.2, 0.25) is 5.91 Å². The SMILES string of the molecule is CN(C)C(=O)CNC1CCC(C(F)(F)F)CC1. The number of alkyl halides is 3. The highest BCUT2D eigenvalue weighted by molar-refractivity contribution is 5.77. The van der Waals surface area contributed by atoms with E-state index in [0.29, 0.717) is 12.8 Å². The van der Waals surface area contributed by atoms with E-state index in [1.807, 2.05) is 0 Å². The Morgan fingerprint density at radius 1 is 1.24 bits per heavy atom. The Morgan fingerprint density at radius 3 is 2.18 bits per heavy atom. The summed E-state index contributed by atoms with van der Waals surface area (Å²) in [5.41, 5.74) is 0. The molecule has 1 rings (SSSR count). The fraction of sp³-hybridized carbons (Fsp3) is 0.909. The Kier molecular flexibility index (Phi) is 4.80. The van der Waals surface area contributed by atoms with Gasteiger partial charge in [-0.2, -0.15) is 13.2 Å². The summed E-state index contributed by atoms with van der Waals surface area (Å²) in [6.07, 6.45) is -2.76. The van der Waals surface area contributed by atoms with E-state index < -0.39 is 12.1 Å². The van der Waals surface area contributed by atoms with Crippen LogP contribution in [-0.2, 0) is 4.79 Å². The van der Waals surface area contributed by atoms with E-state index in [4.69, 9.17) is 0 Å². The first kappa shape index (κ1) is 14.3. The molecule has 0 aromatic rings. The summed E-state index contributed by atoms with van der Waals surface area (Å²) in [5, 5.41) is 3.02. The minimum atomic E-state index is -4.07. The van der Waals surface area contributed by atoms with Gasteiger partial charge in [0.15, 0.2) is 0 Å². The molecule has 0 saturated heterocycles. The van der Waals surface area contributed by atoms with Gasteiger partial charge in [-0.25, -0.2) is 0 Å². The Bertz CT molecular complexity index is 258. The number of hydrogen-bond acceptors (Lipinski definition) is 2. The number of amides is 1. The minimum absolute atomic E-state index is 0.0394. The van der Waals surface area contributed by atoms with Gasteiger partial charge >= 0.3 is 6.18 Å². The molecule has 0 atom stereocenters. The smallest absolute Gasteiger partial charge is 0.348 e. The van der Waals surface area contributed by atoms with Crippen LogP contribution in [0.2, 0.25) is 0 Å². The number of nitrogens with zero attached hydrogens (tertiary/aromatic N) is 1. The number of hydrogen-bond donors (Lipinski definition) is 1. The molecular formula is C11H19F3N2O. The molecule has 0 bridgehead atoms. The molecule has 1 aliphatic carbocycles. The zero-order valence-electron chi connectivity index (χ0n) is 10.2. The molecule has 3 nitrogen and oxygen atoms in total. The van der Waals surface area contributed by atoms with Crippen LogP contribution in [0.1, 0.15) is 25.7 Å². The average molecular weight is 252 g/mol. The van der Waals surface area contributed by atoms with E-state index in [1.165, 1.54) is 4.90 Å². The van der Waals surface area contributed by atoms with Crippen molar-refractivity contribution < 1.29 is 18.0 Å². The second-order valence-corrected chi connectivity index (χ2v) is 4.76. The summed E-state index contributed by atoms with van der Waals surface area (Å²) in [4.78, 5) is 12.8. The Hall–Kier alpha value is -0.780. The second-order valence-electron chi connectivity index (χ2n) is 4.76. The quantitative estimate of drug-likeness (QED) is 0.830. The molecule has 1 N–H and O–H groups in total. The summed E-state index contributed by atoms with van der Waals surface area (Å²) in [5.74, 6) is -1.21. The van der Waals surface area contributed by atoms with E-state index in [0.717, 1.165) is 0 Å². The fourth-order valence-corrected chi connectivity index (χ4v) is 2.01. The maximum absolute atomic E-state index is 12.4. The zero-order chi connectivity index (χ0) is 13.1. The summed E-state index contributed by atoms with van der Waals surface area (Å²) < 4.78 is 37.2. The van der Waals surface area contributed by atoms with Gasteiger partial charge in [-0.05, 0) is 25.7 Å². The highest BCUT2D eigenvalue weighted by Crippen LogP contribution is 2.37. The Morgan fingerprint density at radius 2 is 1.76 bits per heavy atom. The van der Waals surface area contributed by atoms with Gasteiger partial charge in [0.05, 0.1) is 12.5 Å². The second kappa shape index (κ2) is 5.71. The van der Waals surface area contributed by atoms with E-state index in [-0.39, 0.29) is 31.3 Å². The molecular weight excluding hydrogens is 233 g/mol. The predicted octanol–water partition coefficient (Wildman–Crippen LogP) is 1.79. The molecule has 0 unspecified atom stereocenters. The molecule has 1 amide bonds. The highest BCUT2D eigenvalue weighted by Gasteiger charge is 2.41. The van der Waals surface area contributed by atoms with Crippen LogP contribution >= 0.6 is 0 Å². The average Bonchev–Trinajstić information content (AvgIpc) is 2.25. The fourth-order valence-electron chi connectivity index (χ4n) is 2.01. The summed E-state index contributed by atoms with van der Waals surface area (Å²) >= 11 is 0. The van der Waals surface area contributed by atoms with Gasteiger partial charge in [0.1, 0.15) is 0 Å². The third kappa shape index (κ3) is 4.53. The molecule has 0 aromatic carbocycles. The van der Waals surface area contributed by atoms with Crippen LogP contribution in [0.15, 0.2) is 0 Å². The molecule has 1 aliphatic rings. The number of rotatable bonds is 3. The van der Waals surface area contributed by atoms with Gasteiger partial charge in [-0.15, -0.1) is 0 Å². The first-order valence-corrected chi connectivity index (χ1v) is 5.81. The van der Waals surface area contributed by atoms with Crippen molar-refractivity contribution in [3.05, 3.63) is 0 Å². The van der Waals surface area contributed by atoms with Crippen molar-refractivity contribution in [3.63, 3.8) is 0 Å². The first-order chi connectivity index (χ1) is 7.80. The Labute approximate surface area is 99.4 Å². The highest BCUT2D eigenvalue weighted by atomic mass is 19.4. The lowest BCUT2D eigenvalue weighted by atomic mass is 9.85. The van der Waals surface area contributed by atoms with Crippen molar-refractivity contribution in [2.24, 2.45) is 5.92 Å². The van der Waals surface area contributed by atoms with Crippen LogP contribution in [0.4, 0.5) is 13.2 Å². The molecule has 0 spiro atoms. The van der Waals surface area contributed by atoms with Crippen LogP contribution in [-0.4, -0.2) is 43.7 Å². The molecule has 6 heteroatoms. The van der Waals surface area contributed by atoms with Crippen LogP contribution < -0.4 is 5.32 Å². The number of likely N-dealkylation sites (N-methyl/N-ethyl adjacent to an activating group) is 1. The van der Waals surface area contributed by atoms with Gasteiger partial charge < -0.3 is 10.2 Å². The standard InChI is InChI=1S/C11H19F3N2O/c1-16(2)10(17)7-15-9-5-3-8(4-6-9)11(12,13)14/h8-9,15H,3-7H2,1-2H3. The maximum Gasteiger partial charge on any atom is 0.391 e. The first-order valence-electron chi connectivity index (χ1n) is 5.81. The third-order valence-corrected chi connectivity index (χ3v) is 3.23. The lowest BCUT2D eigenvalue weighted by Crippen LogP contribution is -2.41. The number of halogens is 3. The number of carbonyl (C=O) groups is 1. The van der Waals surface area contributed by atoms with Crippen molar-refractivity contribution in [1.82, 2.24) is 10.2 Å². The van der Waals surface area contributed by atoms with Crippen LogP contribution in [0.5, 0.6) is 0 Å².